The van der Waals surface area contributed by atoms with E-state index in [4.69, 9.17) is 5.11 Å². The van der Waals surface area contributed by atoms with Crippen LogP contribution < -0.4 is 0 Å². The van der Waals surface area contributed by atoms with Crippen LogP contribution >= 0.6 is 0 Å². The topological polar surface area (TPSA) is 40.5 Å². The van der Waals surface area contributed by atoms with Crippen LogP contribution in [0.15, 0.2) is 66.7 Å². The Bertz CT molecular complexity index is 594. The van der Waals surface area contributed by atoms with Crippen molar-refractivity contribution in [1.82, 2.24) is 4.90 Å². The Hall–Kier alpha value is -2.39. The summed E-state index contributed by atoms with van der Waals surface area (Å²) < 4.78 is 0. The highest BCUT2D eigenvalue weighted by atomic mass is 16.4. The maximum absolute atomic E-state index is 10.9. The van der Waals surface area contributed by atoms with E-state index >= 15 is 0 Å². The third-order valence-electron chi connectivity index (χ3n) is 3.77. The second-order valence-corrected chi connectivity index (χ2v) is 5.40. The summed E-state index contributed by atoms with van der Waals surface area (Å²) in [6, 6.07) is 20.6. The Kier molecular flexibility index (Phi) is 6.57. The van der Waals surface area contributed by atoms with Gasteiger partial charge in [0, 0.05) is 6.54 Å². The molecule has 0 saturated carbocycles. The quantitative estimate of drug-likeness (QED) is 0.803. The first-order chi connectivity index (χ1) is 11.2. The number of rotatable bonds is 8. The molecule has 120 valence electrons. The second kappa shape index (κ2) is 8.91. The van der Waals surface area contributed by atoms with Gasteiger partial charge in [-0.2, -0.15) is 0 Å². The standard InChI is InChI=1S/C20H23NO2/c1-2-21(16-20(22)23)15-9-14-19(17-10-5-3-6-11-17)18-12-7-4-8-13-18/h3-8,10-14H,2,9,15-16H2,1H3,(H,22,23). The predicted molar refractivity (Wildman–Crippen MR) is 94.3 cm³/mol. The molecule has 2 aromatic carbocycles. The summed E-state index contributed by atoms with van der Waals surface area (Å²) in [7, 11) is 0. The van der Waals surface area contributed by atoms with Gasteiger partial charge >= 0.3 is 5.97 Å². The van der Waals surface area contributed by atoms with Crippen LogP contribution in [0.2, 0.25) is 0 Å². The third kappa shape index (κ3) is 5.38. The molecule has 3 heteroatoms. The zero-order valence-electron chi connectivity index (χ0n) is 13.5. The van der Waals surface area contributed by atoms with Gasteiger partial charge < -0.3 is 5.11 Å². The van der Waals surface area contributed by atoms with E-state index in [1.807, 2.05) is 48.2 Å². The lowest BCUT2D eigenvalue weighted by molar-refractivity contribution is -0.138. The van der Waals surface area contributed by atoms with Gasteiger partial charge in [-0.15, -0.1) is 0 Å². The maximum atomic E-state index is 10.9. The highest BCUT2D eigenvalue weighted by Gasteiger charge is 2.08. The number of carboxylic acids is 1. The van der Waals surface area contributed by atoms with Crippen molar-refractivity contribution < 1.29 is 9.90 Å². The highest BCUT2D eigenvalue weighted by molar-refractivity contribution is 5.79. The fourth-order valence-electron chi connectivity index (χ4n) is 2.57. The Labute approximate surface area is 137 Å². The summed E-state index contributed by atoms with van der Waals surface area (Å²) in [5.41, 5.74) is 3.55. The van der Waals surface area contributed by atoms with Crippen molar-refractivity contribution in [1.29, 1.82) is 0 Å². The van der Waals surface area contributed by atoms with Gasteiger partial charge in [0.25, 0.3) is 0 Å². The van der Waals surface area contributed by atoms with E-state index in [1.54, 1.807) is 0 Å². The highest BCUT2D eigenvalue weighted by Crippen LogP contribution is 2.23. The van der Waals surface area contributed by atoms with Crippen molar-refractivity contribution in [3.63, 3.8) is 0 Å². The third-order valence-corrected chi connectivity index (χ3v) is 3.77. The summed E-state index contributed by atoms with van der Waals surface area (Å²) in [6.07, 6.45) is 3.02. The normalized spacial score (nSPS) is 10.5. The van der Waals surface area contributed by atoms with Crippen LogP contribution in [0.25, 0.3) is 5.57 Å². The van der Waals surface area contributed by atoms with Gasteiger partial charge in [-0.25, -0.2) is 0 Å². The first-order valence-electron chi connectivity index (χ1n) is 7.96. The predicted octanol–water partition coefficient (Wildman–Crippen LogP) is 3.91. The van der Waals surface area contributed by atoms with Gasteiger partial charge in [0.05, 0.1) is 6.54 Å². The molecule has 0 spiro atoms. The SMILES string of the molecule is CCN(CCC=C(c1ccccc1)c1ccccc1)CC(=O)O. The fraction of sp³-hybridized carbons (Fsp3) is 0.250. The molecule has 23 heavy (non-hydrogen) atoms. The van der Waals surface area contributed by atoms with E-state index < -0.39 is 5.97 Å². The molecule has 2 rings (SSSR count). The van der Waals surface area contributed by atoms with Crippen molar-refractivity contribution in [2.75, 3.05) is 19.6 Å². The van der Waals surface area contributed by atoms with Crippen LogP contribution in [0.1, 0.15) is 24.5 Å². The van der Waals surface area contributed by atoms with Gasteiger partial charge in [-0.3, -0.25) is 9.69 Å². The van der Waals surface area contributed by atoms with Crippen LogP contribution in [0.5, 0.6) is 0 Å². The molecule has 0 saturated heterocycles. The number of carbonyl (C=O) groups is 1. The Balaban J connectivity index is 2.16. The van der Waals surface area contributed by atoms with E-state index in [1.165, 1.54) is 16.7 Å². The number of hydrogen-bond acceptors (Lipinski definition) is 2. The molecule has 0 aromatic heterocycles. The van der Waals surface area contributed by atoms with Crippen LogP contribution in [-0.2, 0) is 4.79 Å². The molecule has 0 aliphatic heterocycles. The van der Waals surface area contributed by atoms with Gasteiger partial charge in [-0.05, 0) is 29.7 Å². The van der Waals surface area contributed by atoms with Crippen molar-refractivity contribution in [3.8, 4) is 0 Å². The summed E-state index contributed by atoms with van der Waals surface area (Å²) in [4.78, 5) is 12.8. The molecule has 0 heterocycles. The lowest BCUT2D eigenvalue weighted by Gasteiger charge is -2.17. The Morgan fingerprint density at radius 1 is 1.00 bits per heavy atom. The number of benzene rings is 2. The summed E-state index contributed by atoms with van der Waals surface area (Å²) in [5.74, 6) is -0.776. The van der Waals surface area contributed by atoms with Gasteiger partial charge in [0.2, 0.25) is 0 Å². The Morgan fingerprint density at radius 2 is 1.52 bits per heavy atom. The summed E-state index contributed by atoms with van der Waals surface area (Å²) >= 11 is 0. The van der Waals surface area contributed by atoms with E-state index in [9.17, 15) is 4.79 Å². The van der Waals surface area contributed by atoms with Gasteiger partial charge in [0.15, 0.2) is 0 Å². The van der Waals surface area contributed by atoms with Crippen molar-refractivity contribution >= 4 is 11.5 Å². The van der Waals surface area contributed by atoms with Crippen LogP contribution in [0.3, 0.4) is 0 Å². The van der Waals surface area contributed by atoms with Crippen molar-refractivity contribution in [2.24, 2.45) is 0 Å². The van der Waals surface area contributed by atoms with Gasteiger partial charge in [0.1, 0.15) is 0 Å². The Morgan fingerprint density at radius 3 is 1.96 bits per heavy atom. The maximum Gasteiger partial charge on any atom is 0.317 e. The molecule has 0 aliphatic rings. The molecule has 0 unspecified atom stereocenters. The second-order valence-electron chi connectivity index (χ2n) is 5.40. The first kappa shape index (κ1) is 17.0. The summed E-state index contributed by atoms with van der Waals surface area (Å²) in [5, 5.41) is 8.92. The zero-order chi connectivity index (χ0) is 16.5. The number of hydrogen-bond donors (Lipinski definition) is 1. The number of likely N-dealkylation sites (N-methyl/N-ethyl adjacent to an activating group) is 1. The van der Waals surface area contributed by atoms with E-state index in [0.717, 1.165) is 19.5 Å². The fourth-order valence-corrected chi connectivity index (χ4v) is 2.57. The lowest BCUT2D eigenvalue weighted by atomic mass is 9.97. The molecule has 0 aliphatic carbocycles. The minimum atomic E-state index is -0.776. The number of aliphatic carboxylic acids is 1. The molecule has 0 bridgehead atoms. The van der Waals surface area contributed by atoms with E-state index in [-0.39, 0.29) is 6.54 Å². The zero-order valence-corrected chi connectivity index (χ0v) is 13.5. The first-order valence-corrected chi connectivity index (χ1v) is 7.96. The van der Waals surface area contributed by atoms with Gasteiger partial charge in [-0.1, -0.05) is 73.7 Å². The molecular weight excluding hydrogens is 286 g/mol. The summed E-state index contributed by atoms with van der Waals surface area (Å²) in [6.45, 7) is 3.57. The van der Waals surface area contributed by atoms with E-state index in [0.29, 0.717) is 0 Å². The van der Waals surface area contributed by atoms with Crippen molar-refractivity contribution in [3.05, 3.63) is 77.9 Å². The molecule has 2 aromatic rings. The average molecular weight is 309 g/mol. The molecule has 1 N–H and O–H groups in total. The lowest BCUT2D eigenvalue weighted by Crippen LogP contribution is -2.30. The monoisotopic (exact) mass is 309 g/mol. The molecule has 0 fully saturated rings. The average Bonchev–Trinajstić information content (AvgIpc) is 2.59. The number of carboxylic acid groups (broad SMARTS) is 1. The van der Waals surface area contributed by atoms with Crippen LogP contribution in [0, 0.1) is 0 Å². The van der Waals surface area contributed by atoms with E-state index in [2.05, 4.69) is 30.3 Å². The molecule has 0 amide bonds. The van der Waals surface area contributed by atoms with Crippen molar-refractivity contribution in [2.45, 2.75) is 13.3 Å². The smallest absolute Gasteiger partial charge is 0.317 e. The molecule has 0 radical (unpaired) electrons. The largest absolute Gasteiger partial charge is 0.480 e. The molecule has 3 nitrogen and oxygen atoms in total. The molecule has 0 atom stereocenters. The van der Waals surface area contributed by atoms with Crippen LogP contribution in [-0.4, -0.2) is 35.6 Å². The minimum Gasteiger partial charge on any atom is -0.480 e. The molecular formula is C20H23NO2. The number of nitrogens with zero attached hydrogens (tertiary/aromatic N) is 1. The minimum absolute atomic E-state index is 0.0936. The van der Waals surface area contributed by atoms with Crippen LogP contribution in [0.4, 0.5) is 0 Å².